The molecule has 0 aliphatic heterocycles. The van der Waals surface area contributed by atoms with Crippen molar-refractivity contribution in [2.45, 2.75) is 4.90 Å². The van der Waals surface area contributed by atoms with Crippen molar-refractivity contribution >= 4 is 51.3 Å². The Bertz CT molecular complexity index is 1060. The number of aromatic nitrogens is 2. The van der Waals surface area contributed by atoms with Gasteiger partial charge in [-0.2, -0.15) is 0 Å². The number of aromatic amines is 1. The normalized spacial score (nSPS) is 11.6. The first-order valence-electron chi connectivity index (χ1n) is 7.66. The number of thioether (sulfide) groups is 1. The minimum Gasteiger partial charge on any atom is -0.465 e. The number of halogens is 1. The summed E-state index contributed by atoms with van der Waals surface area (Å²) < 4.78 is 4.70. The quantitative estimate of drug-likeness (QED) is 0.538. The van der Waals surface area contributed by atoms with Gasteiger partial charge in [0.25, 0.3) is 5.56 Å². The molecule has 2 aromatic carbocycles. The fourth-order valence-electron chi connectivity index (χ4n) is 2.41. The Morgan fingerprint density at radius 2 is 1.96 bits per heavy atom. The number of carbonyl (C=O) groups is 1. The van der Waals surface area contributed by atoms with Crippen LogP contribution >= 0.6 is 23.4 Å². The smallest absolute Gasteiger partial charge is 0.337 e. The number of methoxy groups -OCH3 is 1. The van der Waals surface area contributed by atoms with Crippen molar-refractivity contribution in [3.63, 3.8) is 0 Å². The average molecular weight is 387 g/mol. The standard InChI is InChI=1S/C19H15ClN2O3S/c1-25-19(24)12-5-8-14-16(10-12)21-17(22-18(14)23)15(20)9-11-3-6-13(26-2)7-4-11/h3-10H,1-2H3,(H,21,22,23). The first-order valence-corrected chi connectivity index (χ1v) is 9.26. The van der Waals surface area contributed by atoms with Gasteiger partial charge in [-0.1, -0.05) is 23.7 Å². The SMILES string of the molecule is COC(=O)c1ccc2c(=O)[nH]c(C(Cl)=Cc3ccc(SC)cc3)nc2c1. The molecule has 0 unspecified atom stereocenters. The molecule has 0 spiro atoms. The van der Waals surface area contributed by atoms with Crippen molar-refractivity contribution in [1.29, 1.82) is 0 Å². The Kier molecular flexibility index (Phi) is 5.44. The number of rotatable bonds is 4. The van der Waals surface area contributed by atoms with E-state index in [1.807, 2.05) is 30.5 Å². The first-order chi connectivity index (χ1) is 12.5. The lowest BCUT2D eigenvalue weighted by molar-refractivity contribution is 0.0601. The van der Waals surface area contributed by atoms with E-state index in [2.05, 4.69) is 9.97 Å². The molecule has 1 heterocycles. The molecule has 26 heavy (non-hydrogen) atoms. The van der Waals surface area contributed by atoms with Crippen LogP contribution in [0.1, 0.15) is 21.7 Å². The minimum absolute atomic E-state index is 0.236. The molecule has 0 aliphatic carbocycles. The Balaban J connectivity index is 2.04. The van der Waals surface area contributed by atoms with Crippen LogP contribution in [0.3, 0.4) is 0 Å². The molecule has 0 saturated heterocycles. The second-order valence-electron chi connectivity index (χ2n) is 5.40. The molecule has 0 saturated carbocycles. The van der Waals surface area contributed by atoms with E-state index in [9.17, 15) is 9.59 Å². The Hall–Kier alpha value is -2.57. The monoisotopic (exact) mass is 386 g/mol. The zero-order valence-corrected chi connectivity index (χ0v) is 15.6. The summed E-state index contributed by atoms with van der Waals surface area (Å²) in [5.74, 6) is -0.258. The maximum atomic E-state index is 12.3. The van der Waals surface area contributed by atoms with E-state index in [4.69, 9.17) is 16.3 Å². The van der Waals surface area contributed by atoms with Gasteiger partial charge in [0.1, 0.15) is 0 Å². The molecule has 0 amide bonds. The molecule has 7 heteroatoms. The van der Waals surface area contributed by atoms with Crippen molar-refractivity contribution in [3.05, 3.63) is 69.8 Å². The fourth-order valence-corrected chi connectivity index (χ4v) is 3.04. The highest BCUT2D eigenvalue weighted by Gasteiger charge is 2.11. The topological polar surface area (TPSA) is 72.1 Å². The van der Waals surface area contributed by atoms with E-state index in [1.54, 1.807) is 17.8 Å². The number of fused-ring (bicyclic) bond motifs is 1. The largest absolute Gasteiger partial charge is 0.465 e. The lowest BCUT2D eigenvalue weighted by atomic mass is 10.1. The third kappa shape index (κ3) is 3.81. The number of ether oxygens (including phenoxy) is 1. The highest BCUT2D eigenvalue weighted by atomic mass is 35.5. The summed E-state index contributed by atoms with van der Waals surface area (Å²) in [6.07, 6.45) is 3.73. The number of hydrogen-bond donors (Lipinski definition) is 1. The van der Waals surface area contributed by atoms with Gasteiger partial charge in [0.2, 0.25) is 0 Å². The predicted octanol–water partition coefficient (Wildman–Crippen LogP) is 4.17. The molecule has 1 N–H and O–H groups in total. The summed E-state index contributed by atoms with van der Waals surface area (Å²) in [4.78, 5) is 32.2. The highest BCUT2D eigenvalue weighted by molar-refractivity contribution is 7.98. The maximum Gasteiger partial charge on any atom is 0.337 e. The Labute approximate surface area is 159 Å². The number of nitrogens with one attached hydrogen (secondary N) is 1. The van der Waals surface area contributed by atoms with Crippen molar-refractivity contribution in [2.75, 3.05) is 13.4 Å². The van der Waals surface area contributed by atoms with Crippen LogP contribution in [0.25, 0.3) is 22.0 Å². The van der Waals surface area contributed by atoms with Crippen molar-refractivity contribution in [2.24, 2.45) is 0 Å². The van der Waals surface area contributed by atoms with Crippen LogP contribution in [0.2, 0.25) is 0 Å². The summed E-state index contributed by atoms with van der Waals surface area (Å²) in [5, 5.41) is 0.666. The van der Waals surface area contributed by atoms with Crippen molar-refractivity contribution in [3.8, 4) is 0 Å². The number of H-pyrrole nitrogens is 1. The third-order valence-electron chi connectivity index (χ3n) is 3.76. The maximum absolute atomic E-state index is 12.3. The van der Waals surface area contributed by atoms with Crippen LogP contribution in [-0.2, 0) is 4.74 Å². The predicted molar refractivity (Wildman–Crippen MR) is 106 cm³/mol. The number of benzene rings is 2. The Morgan fingerprint density at radius 3 is 2.62 bits per heavy atom. The molecule has 5 nitrogen and oxygen atoms in total. The van der Waals surface area contributed by atoms with Crippen LogP contribution in [0.15, 0.2) is 52.2 Å². The molecule has 3 rings (SSSR count). The van der Waals surface area contributed by atoms with Gasteiger partial charge in [0.15, 0.2) is 5.82 Å². The van der Waals surface area contributed by atoms with Gasteiger partial charge < -0.3 is 9.72 Å². The second-order valence-corrected chi connectivity index (χ2v) is 6.69. The van der Waals surface area contributed by atoms with E-state index < -0.39 is 5.97 Å². The molecule has 0 atom stereocenters. The van der Waals surface area contributed by atoms with E-state index in [-0.39, 0.29) is 11.4 Å². The average Bonchev–Trinajstić information content (AvgIpc) is 2.67. The van der Waals surface area contributed by atoms with Crippen LogP contribution < -0.4 is 5.56 Å². The summed E-state index contributed by atoms with van der Waals surface area (Å²) >= 11 is 8.00. The summed E-state index contributed by atoms with van der Waals surface area (Å²) in [7, 11) is 1.30. The molecule has 0 radical (unpaired) electrons. The highest BCUT2D eigenvalue weighted by Crippen LogP contribution is 2.22. The lowest BCUT2D eigenvalue weighted by Crippen LogP contribution is -2.11. The number of hydrogen-bond acceptors (Lipinski definition) is 5. The molecule has 1 aromatic heterocycles. The molecule has 3 aromatic rings. The number of esters is 1. The summed E-state index contributed by atoms with van der Waals surface area (Å²) in [6.45, 7) is 0. The van der Waals surface area contributed by atoms with Gasteiger partial charge in [0.05, 0.1) is 28.6 Å². The summed E-state index contributed by atoms with van der Waals surface area (Å²) in [6, 6.07) is 12.4. The van der Waals surface area contributed by atoms with E-state index in [1.165, 1.54) is 25.3 Å². The molecule has 0 bridgehead atoms. The van der Waals surface area contributed by atoms with Crippen LogP contribution in [0.5, 0.6) is 0 Å². The zero-order valence-electron chi connectivity index (χ0n) is 14.1. The molecular weight excluding hydrogens is 372 g/mol. The lowest BCUT2D eigenvalue weighted by Gasteiger charge is -2.04. The first kappa shape index (κ1) is 18.2. The van der Waals surface area contributed by atoms with E-state index in [0.29, 0.717) is 21.5 Å². The van der Waals surface area contributed by atoms with Crippen molar-refractivity contribution in [1.82, 2.24) is 9.97 Å². The zero-order chi connectivity index (χ0) is 18.7. The van der Waals surface area contributed by atoms with Gasteiger partial charge >= 0.3 is 5.97 Å². The second kappa shape index (κ2) is 7.76. The molecular formula is C19H15ClN2O3S. The Morgan fingerprint density at radius 1 is 1.23 bits per heavy atom. The minimum atomic E-state index is -0.494. The molecule has 132 valence electrons. The molecule has 0 aliphatic rings. The van der Waals surface area contributed by atoms with Crippen molar-refractivity contribution < 1.29 is 9.53 Å². The van der Waals surface area contributed by atoms with Gasteiger partial charge in [0, 0.05) is 4.90 Å². The summed E-state index contributed by atoms with van der Waals surface area (Å²) in [5.41, 5.74) is 1.25. The number of nitrogens with zero attached hydrogens (tertiary/aromatic N) is 1. The van der Waals surface area contributed by atoms with E-state index >= 15 is 0 Å². The van der Waals surface area contributed by atoms with Crippen LogP contribution in [0, 0.1) is 0 Å². The number of carbonyl (C=O) groups excluding carboxylic acids is 1. The van der Waals surface area contributed by atoms with Gasteiger partial charge in [-0.15, -0.1) is 11.8 Å². The van der Waals surface area contributed by atoms with Gasteiger partial charge in [-0.3, -0.25) is 4.79 Å². The van der Waals surface area contributed by atoms with Gasteiger partial charge in [-0.25, -0.2) is 9.78 Å². The van der Waals surface area contributed by atoms with Crippen LogP contribution in [-0.4, -0.2) is 29.3 Å². The molecule has 0 fully saturated rings. The third-order valence-corrected chi connectivity index (χ3v) is 4.79. The van der Waals surface area contributed by atoms with Crippen LogP contribution in [0.4, 0.5) is 0 Å². The van der Waals surface area contributed by atoms with E-state index in [0.717, 1.165) is 10.5 Å². The fraction of sp³-hybridized carbons (Fsp3) is 0.105. The van der Waals surface area contributed by atoms with Gasteiger partial charge in [-0.05, 0) is 48.2 Å².